The van der Waals surface area contributed by atoms with Gasteiger partial charge in [0.05, 0.1) is 12.2 Å². The fraction of sp³-hybridized carbons (Fsp3) is 0.929. The molecule has 0 bridgehead atoms. The first-order valence-electron chi connectivity index (χ1n) is 6.64. The molecule has 0 aromatic heterocycles. The third kappa shape index (κ3) is 1.76. The van der Waals surface area contributed by atoms with Crippen LogP contribution in [0.3, 0.4) is 0 Å². The maximum absolute atomic E-state index is 10.1. The molecular formula is C14H23NO. The van der Waals surface area contributed by atoms with Gasteiger partial charge in [-0.1, -0.05) is 20.3 Å². The van der Waals surface area contributed by atoms with Crippen molar-refractivity contribution < 1.29 is 5.11 Å². The zero-order valence-corrected chi connectivity index (χ0v) is 10.4. The molecule has 2 aliphatic rings. The van der Waals surface area contributed by atoms with Crippen molar-refractivity contribution in [1.82, 2.24) is 0 Å². The third-order valence-electron chi connectivity index (χ3n) is 5.26. The van der Waals surface area contributed by atoms with Gasteiger partial charge in [-0.2, -0.15) is 5.26 Å². The van der Waals surface area contributed by atoms with Gasteiger partial charge in [-0.25, -0.2) is 0 Å². The van der Waals surface area contributed by atoms with Crippen LogP contribution in [-0.4, -0.2) is 11.2 Å². The molecule has 0 aromatic rings. The second-order valence-corrected chi connectivity index (χ2v) is 6.10. The predicted octanol–water partition coefficient (Wildman–Crippen LogP) is 3.11. The number of rotatable bonds is 2. The Morgan fingerprint density at radius 2 is 2.19 bits per heavy atom. The number of aliphatic hydroxyl groups is 1. The molecule has 2 heteroatoms. The summed E-state index contributed by atoms with van der Waals surface area (Å²) in [6.45, 7) is 4.56. The Labute approximate surface area is 98.7 Å². The molecule has 90 valence electrons. The molecule has 0 amide bonds. The van der Waals surface area contributed by atoms with Crippen LogP contribution in [0, 0.1) is 34.5 Å². The maximum atomic E-state index is 10.1. The van der Waals surface area contributed by atoms with Crippen LogP contribution in [-0.2, 0) is 0 Å². The number of nitriles is 1. The smallest absolute Gasteiger partial charge is 0.0624 e. The topological polar surface area (TPSA) is 44.0 Å². The number of hydrogen-bond acceptors (Lipinski definition) is 2. The van der Waals surface area contributed by atoms with Crippen LogP contribution in [0.2, 0.25) is 0 Å². The average Bonchev–Trinajstić information content (AvgIpc) is 2.57. The molecule has 0 heterocycles. The zero-order chi connectivity index (χ0) is 11.8. The SMILES string of the molecule is CC(CC#N)C1CCC2C(O)CCCC12C. The first-order valence-corrected chi connectivity index (χ1v) is 6.64. The highest BCUT2D eigenvalue weighted by molar-refractivity contribution is 5.02. The largest absolute Gasteiger partial charge is 0.393 e. The van der Waals surface area contributed by atoms with E-state index in [1.807, 2.05) is 0 Å². The first-order chi connectivity index (χ1) is 7.59. The molecule has 0 aliphatic heterocycles. The summed E-state index contributed by atoms with van der Waals surface area (Å²) in [6.07, 6.45) is 6.35. The highest BCUT2D eigenvalue weighted by Gasteiger charge is 2.51. The molecule has 5 atom stereocenters. The van der Waals surface area contributed by atoms with Crippen molar-refractivity contribution >= 4 is 0 Å². The van der Waals surface area contributed by atoms with Gasteiger partial charge in [-0.05, 0) is 48.9 Å². The molecular weight excluding hydrogens is 198 g/mol. The molecule has 5 unspecified atom stereocenters. The van der Waals surface area contributed by atoms with Crippen LogP contribution in [0.1, 0.15) is 52.4 Å². The molecule has 2 aliphatic carbocycles. The van der Waals surface area contributed by atoms with Crippen molar-refractivity contribution in [2.24, 2.45) is 23.2 Å². The average molecular weight is 221 g/mol. The Morgan fingerprint density at radius 3 is 2.88 bits per heavy atom. The lowest BCUT2D eigenvalue weighted by atomic mass is 9.61. The summed E-state index contributed by atoms with van der Waals surface area (Å²) in [5.74, 6) is 1.63. The second kappa shape index (κ2) is 4.37. The third-order valence-corrected chi connectivity index (χ3v) is 5.26. The standard InChI is InChI=1S/C14H23NO/c1-10(7-9-15)11-5-6-12-13(16)4-3-8-14(11,12)2/h10-13,16H,3-8H2,1-2H3. The van der Waals surface area contributed by atoms with Crippen LogP contribution in [0.5, 0.6) is 0 Å². The highest BCUT2D eigenvalue weighted by atomic mass is 16.3. The maximum Gasteiger partial charge on any atom is 0.0624 e. The monoisotopic (exact) mass is 221 g/mol. The van der Waals surface area contributed by atoms with Gasteiger partial charge in [0.1, 0.15) is 0 Å². The van der Waals surface area contributed by atoms with Gasteiger partial charge in [0.25, 0.3) is 0 Å². The van der Waals surface area contributed by atoms with Crippen molar-refractivity contribution in [2.75, 3.05) is 0 Å². The van der Waals surface area contributed by atoms with Gasteiger partial charge >= 0.3 is 0 Å². The number of aliphatic hydroxyl groups excluding tert-OH is 1. The summed E-state index contributed by atoms with van der Waals surface area (Å²) in [4.78, 5) is 0. The van der Waals surface area contributed by atoms with E-state index in [2.05, 4.69) is 19.9 Å². The van der Waals surface area contributed by atoms with E-state index < -0.39 is 0 Å². The number of fused-ring (bicyclic) bond motifs is 1. The minimum Gasteiger partial charge on any atom is -0.393 e. The molecule has 0 spiro atoms. The van der Waals surface area contributed by atoms with Crippen molar-refractivity contribution in [3.63, 3.8) is 0 Å². The molecule has 0 saturated heterocycles. The van der Waals surface area contributed by atoms with Gasteiger partial charge in [0, 0.05) is 6.42 Å². The summed E-state index contributed by atoms with van der Waals surface area (Å²) in [6, 6.07) is 2.31. The quantitative estimate of drug-likeness (QED) is 0.778. The molecule has 16 heavy (non-hydrogen) atoms. The number of nitrogens with zero attached hydrogens (tertiary/aromatic N) is 1. The first kappa shape index (κ1) is 11.9. The van der Waals surface area contributed by atoms with Crippen LogP contribution < -0.4 is 0 Å². The lowest BCUT2D eigenvalue weighted by Gasteiger charge is -2.44. The van der Waals surface area contributed by atoms with Crippen molar-refractivity contribution in [3.05, 3.63) is 0 Å². The minimum atomic E-state index is -0.0852. The minimum absolute atomic E-state index is 0.0852. The highest BCUT2D eigenvalue weighted by Crippen LogP contribution is 2.57. The summed E-state index contributed by atoms with van der Waals surface area (Å²) < 4.78 is 0. The van der Waals surface area contributed by atoms with E-state index in [1.165, 1.54) is 12.8 Å². The molecule has 0 aromatic carbocycles. The fourth-order valence-corrected chi connectivity index (χ4v) is 4.41. The zero-order valence-electron chi connectivity index (χ0n) is 10.4. The van der Waals surface area contributed by atoms with Crippen LogP contribution in [0.4, 0.5) is 0 Å². The van der Waals surface area contributed by atoms with Crippen LogP contribution in [0.15, 0.2) is 0 Å². The van der Waals surface area contributed by atoms with Crippen molar-refractivity contribution in [3.8, 4) is 6.07 Å². The Bertz CT molecular complexity index is 296. The van der Waals surface area contributed by atoms with Gasteiger partial charge in [0.2, 0.25) is 0 Å². The van der Waals surface area contributed by atoms with E-state index in [1.54, 1.807) is 0 Å². The van der Waals surface area contributed by atoms with Gasteiger partial charge in [-0.15, -0.1) is 0 Å². The lowest BCUT2D eigenvalue weighted by Crippen LogP contribution is -2.41. The Hall–Kier alpha value is -0.550. The lowest BCUT2D eigenvalue weighted by molar-refractivity contribution is -0.0264. The fourth-order valence-electron chi connectivity index (χ4n) is 4.41. The van der Waals surface area contributed by atoms with Crippen LogP contribution in [0.25, 0.3) is 0 Å². The summed E-state index contributed by atoms with van der Waals surface area (Å²) in [5, 5.41) is 18.9. The van der Waals surface area contributed by atoms with Crippen molar-refractivity contribution in [2.45, 2.75) is 58.5 Å². The molecule has 2 rings (SSSR count). The summed E-state index contributed by atoms with van der Waals surface area (Å²) in [7, 11) is 0. The second-order valence-electron chi connectivity index (χ2n) is 6.10. The Kier molecular flexibility index (Phi) is 3.26. The van der Waals surface area contributed by atoms with Crippen LogP contribution >= 0.6 is 0 Å². The molecule has 2 saturated carbocycles. The predicted molar refractivity (Wildman–Crippen MR) is 63.6 cm³/mol. The van der Waals surface area contributed by atoms with Gasteiger partial charge < -0.3 is 5.11 Å². The Balaban J connectivity index is 2.15. The van der Waals surface area contributed by atoms with E-state index in [0.29, 0.717) is 29.6 Å². The molecule has 2 nitrogen and oxygen atoms in total. The molecule has 2 fully saturated rings. The van der Waals surface area contributed by atoms with E-state index in [-0.39, 0.29) is 6.10 Å². The van der Waals surface area contributed by atoms with E-state index >= 15 is 0 Å². The van der Waals surface area contributed by atoms with Gasteiger partial charge in [-0.3, -0.25) is 0 Å². The summed E-state index contributed by atoms with van der Waals surface area (Å²) >= 11 is 0. The van der Waals surface area contributed by atoms with E-state index in [4.69, 9.17) is 5.26 Å². The van der Waals surface area contributed by atoms with Gasteiger partial charge in [0.15, 0.2) is 0 Å². The van der Waals surface area contributed by atoms with Crippen molar-refractivity contribution in [1.29, 1.82) is 5.26 Å². The number of hydrogen-bond donors (Lipinski definition) is 1. The summed E-state index contributed by atoms with van der Waals surface area (Å²) in [5.41, 5.74) is 0.300. The Morgan fingerprint density at radius 1 is 1.44 bits per heavy atom. The normalized spacial score (nSPS) is 44.8. The van der Waals surface area contributed by atoms with E-state index in [9.17, 15) is 5.11 Å². The van der Waals surface area contributed by atoms with E-state index in [0.717, 1.165) is 19.3 Å². The molecule has 1 N–H and O–H groups in total. The molecule has 0 radical (unpaired) electrons.